The predicted molar refractivity (Wildman–Crippen MR) is 67.4 cm³/mol. The van der Waals surface area contributed by atoms with Crippen LogP contribution in [0.15, 0.2) is 24.3 Å². The summed E-state index contributed by atoms with van der Waals surface area (Å²) in [4.78, 5) is 24.0. The van der Waals surface area contributed by atoms with Crippen LogP contribution in [-0.2, 0) is 11.3 Å². The lowest BCUT2D eigenvalue weighted by atomic mass is 10.2. The zero-order chi connectivity index (χ0) is 14.7. The van der Waals surface area contributed by atoms with Crippen LogP contribution < -0.4 is 5.32 Å². The number of amides is 2. The van der Waals surface area contributed by atoms with Gasteiger partial charge >= 0.3 is 12.0 Å². The van der Waals surface area contributed by atoms with Gasteiger partial charge in [0, 0.05) is 19.5 Å². The van der Waals surface area contributed by atoms with E-state index in [1.165, 1.54) is 24.3 Å². The summed E-state index contributed by atoms with van der Waals surface area (Å²) in [5.41, 5.74) is 0.700. The van der Waals surface area contributed by atoms with Gasteiger partial charge in [-0.2, -0.15) is 0 Å². The van der Waals surface area contributed by atoms with Gasteiger partial charge < -0.3 is 20.4 Å². The fourth-order valence-electron chi connectivity index (χ4n) is 2.15. The number of benzene rings is 1. The third kappa shape index (κ3) is 3.24. The Morgan fingerprint density at radius 2 is 2.00 bits per heavy atom. The van der Waals surface area contributed by atoms with Crippen LogP contribution in [0.2, 0.25) is 0 Å². The van der Waals surface area contributed by atoms with Crippen molar-refractivity contribution in [3.63, 3.8) is 0 Å². The van der Waals surface area contributed by atoms with E-state index in [0.717, 1.165) is 4.90 Å². The third-order valence-electron chi connectivity index (χ3n) is 3.18. The first kappa shape index (κ1) is 14.3. The normalized spacial score (nSPS) is 21.8. The molecule has 1 saturated heterocycles. The van der Waals surface area contributed by atoms with E-state index in [2.05, 4.69) is 5.32 Å². The number of nitrogens with one attached hydrogen (secondary N) is 1. The highest BCUT2D eigenvalue weighted by atomic mass is 19.1. The van der Waals surface area contributed by atoms with Crippen LogP contribution in [0.3, 0.4) is 0 Å². The minimum Gasteiger partial charge on any atom is -0.480 e. The Morgan fingerprint density at radius 3 is 2.60 bits per heavy atom. The first-order chi connectivity index (χ1) is 9.47. The first-order valence-corrected chi connectivity index (χ1v) is 6.17. The first-order valence-electron chi connectivity index (χ1n) is 6.17. The van der Waals surface area contributed by atoms with E-state index >= 15 is 0 Å². The second-order valence-electron chi connectivity index (χ2n) is 4.68. The molecular weight excluding hydrogens is 267 g/mol. The lowest BCUT2D eigenvalue weighted by Gasteiger charge is -2.21. The Kier molecular flexibility index (Phi) is 4.19. The molecule has 1 aliphatic rings. The molecule has 1 fully saturated rings. The van der Waals surface area contributed by atoms with E-state index in [1.807, 2.05) is 0 Å². The summed E-state index contributed by atoms with van der Waals surface area (Å²) in [5.74, 6) is -1.51. The van der Waals surface area contributed by atoms with E-state index in [9.17, 15) is 19.1 Å². The maximum Gasteiger partial charge on any atom is 0.326 e. The number of carbonyl (C=O) groups excluding carboxylic acids is 1. The summed E-state index contributed by atoms with van der Waals surface area (Å²) in [6.45, 7) is 0.157. The molecule has 2 rings (SSSR count). The third-order valence-corrected chi connectivity index (χ3v) is 3.18. The molecule has 0 spiro atoms. The Balaban J connectivity index is 1.94. The van der Waals surface area contributed by atoms with Gasteiger partial charge in [-0.05, 0) is 17.7 Å². The molecule has 1 aromatic rings. The molecule has 1 aromatic carbocycles. The summed E-state index contributed by atoms with van der Waals surface area (Å²) < 4.78 is 12.7. The van der Waals surface area contributed by atoms with Crippen LogP contribution >= 0.6 is 0 Å². The molecule has 1 aliphatic heterocycles. The molecule has 108 valence electrons. The number of rotatable bonds is 3. The molecule has 7 heteroatoms. The number of halogens is 1. The minimum absolute atomic E-state index is 0.00772. The van der Waals surface area contributed by atoms with Crippen molar-refractivity contribution in [1.82, 2.24) is 10.2 Å². The molecule has 0 radical (unpaired) electrons. The van der Waals surface area contributed by atoms with Gasteiger partial charge in [0.05, 0.1) is 6.10 Å². The van der Waals surface area contributed by atoms with Crippen molar-refractivity contribution in [2.45, 2.75) is 25.1 Å². The monoisotopic (exact) mass is 282 g/mol. The van der Waals surface area contributed by atoms with Crippen molar-refractivity contribution in [3.8, 4) is 0 Å². The number of aliphatic carboxylic acids is 1. The number of carboxylic acid groups (broad SMARTS) is 1. The number of carbonyl (C=O) groups is 2. The molecule has 2 atom stereocenters. The predicted octanol–water partition coefficient (Wildman–Crippen LogP) is 0.555. The second-order valence-corrected chi connectivity index (χ2v) is 4.68. The van der Waals surface area contributed by atoms with E-state index in [1.54, 1.807) is 0 Å². The highest BCUT2D eigenvalue weighted by molar-refractivity contribution is 5.83. The van der Waals surface area contributed by atoms with Crippen molar-refractivity contribution in [2.24, 2.45) is 0 Å². The zero-order valence-electron chi connectivity index (χ0n) is 10.6. The minimum atomic E-state index is -1.14. The van der Waals surface area contributed by atoms with Crippen molar-refractivity contribution >= 4 is 12.0 Å². The quantitative estimate of drug-likeness (QED) is 0.755. The van der Waals surface area contributed by atoms with Crippen LogP contribution in [-0.4, -0.2) is 45.8 Å². The Hall–Kier alpha value is -2.15. The second kappa shape index (κ2) is 5.87. The summed E-state index contributed by atoms with van der Waals surface area (Å²) in [5, 5.41) is 21.0. The number of carboxylic acids is 1. The number of aliphatic hydroxyl groups is 1. The van der Waals surface area contributed by atoms with Crippen LogP contribution in [0.5, 0.6) is 0 Å². The van der Waals surface area contributed by atoms with Crippen molar-refractivity contribution in [1.29, 1.82) is 0 Å². The molecule has 1 unspecified atom stereocenters. The molecule has 0 aromatic heterocycles. The number of likely N-dealkylation sites (tertiary alicyclic amines) is 1. The lowest BCUT2D eigenvalue weighted by Crippen LogP contribution is -2.45. The molecule has 3 N–H and O–H groups in total. The number of hydrogen-bond donors (Lipinski definition) is 3. The largest absolute Gasteiger partial charge is 0.480 e. The average Bonchev–Trinajstić information content (AvgIpc) is 2.80. The summed E-state index contributed by atoms with van der Waals surface area (Å²) in [6.07, 6.45) is -0.799. The standard InChI is InChI=1S/C13H15FN2O4/c14-9-3-1-8(2-4-9)6-15-13(20)16-7-10(17)5-11(16)12(18)19/h1-4,10-11,17H,5-7H2,(H,15,20)(H,18,19)/t10?,11-/m0/s1. The molecule has 0 bridgehead atoms. The number of nitrogens with zero attached hydrogens (tertiary/aromatic N) is 1. The summed E-state index contributed by atoms with van der Waals surface area (Å²) >= 11 is 0. The van der Waals surface area contributed by atoms with Crippen molar-refractivity contribution in [3.05, 3.63) is 35.6 Å². The molecule has 1 heterocycles. The summed E-state index contributed by atoms with van der Waals surface area (Å²) in [6, 6.07) is 4.05. The lowest BCUT2D eigenvalue weighted by molar-refractivity contribution is -0.141. The average molecular weight is 282 g/mol. The molecule has 0 aliphatic carbocycles. The maximum atomic E-state index is 12.7. The van der Waals surface area contributed by atoms with Gasteiger partial charge in [0.15, 0.2) is 0 Å². The van der Waals surface area contributed by atoms with Gasteiger partial charge in [0.1, 0.15) is 11.9 Å². The zero-order valence-corrected chi connectivity index (χ0v) is 10.6. The highest BCUT2D eigenvalue weighted by Crippen LogP contribution is 2.18. The van der Waals surface area contributed by atoms with Crippen LogP contribution in [0.4, 0.5) is 9.18 Å². The molecule has 6 nitrogen and oxygen atoms in total. The van der Waals surface area contributed by atoms with Crippen molar-refractivity contribution in [2.75, 3.05) is 6.54 Å². The van der Waals surface area contributed by atoms with E-state index in [0.29, 0.717) is 5.56 Å². The fourth-order valence-corrected chi connectivity index (χ4v) is 2.15. The Morgan fingerprint density at radius 1 is 1.35 bits per heavy atom. The molecule has 2 amide bonds. The number of urea groups is 1. The SMILES string of the molecule is O=C(O)[C@@H]1CC(O)CN1C(=O)NCc1ccc(F)cc1. The topological polar surface area (TPSA) is 89.9 Å². The van der Waals surface area contributed by atoms with E-state index in [-0.39, 0.29) is 25.3 Å². The van der Waals surface area contributed by atoms with Crippen LogP contribution in [0.1, 0.15) is 12.0 Å². The number of hydrogen-bond acceptors (Lipinski definition) is 3. The number of aliphatic hydroxyl groups excluding tert-OH is 1. The molecule has 0 saturated carbocycles. The molecule has 20 heavy (non-hydrogen) atoms. The molecular formula is C13H15FN2O4. The number of β-amino-alcohol motifs (C(OH)–C–C–N with tert-alkyl or cyclic N) is 1. The van der Waals surface area contributed by atoms with Gasteiger partial charge in [-0.25, -0.2) is 14.0 Å². The van der Waals surface area contributed by atoms with E-state index in [4.69, 9.17) is 5.11 Å². The van der Waals surface area contributed by atoms with Crippen LogP contribution in [0.25, 0.3) is 0 Å². The van der Waals surface area contributed by atoms with Gasteiger partial charge in [0.2, 0.25) is 0 Å². The highest BCUT2D eigenvalue weighted by Gasteiger charge is 2.38. The van der Waals surface area contributed by atoms with Gasteiger partial charge in [-0.3, -0.25) is 0 Å². The smallest absolute Gasteiger partial charge is 0.326 e. The Labute approximate surface area is 114 Å². The van der Waals surface area contributed by atoms with E-state index < -0.39 is 24.1 Å². The Bertz CT molecular complexity index is 506. The van der Waals surface area contributed by atoms with Gasteiger partial charge in [-0.15, -0.1) is 0 Å². The van der Waals surface area contributed by atoms with Gasteiger partial charge in [-0.1, -0.05) is 12.1 Å². The fraction of sp³-hybridized carbons (Fsp3) is 0.385. The maximum absolute atomic E-state index is 12.7. The van der Waals surface area contributed by atoms with Gasteiger partial charge in [0.25, 0.3) is 0 Å². The summed E-state index contributed by atoms with van der Waals surface area (Å²) in [7, 11) is 0. The van der Waals surface area contributed by atoms with Crippen molar-refractivity contribution < 1.29 is 24.2 Å². The van der Waals surface area contributed by atoms with Crippen LogP contribution in [0, 0.1) is 5.82 Å².